The van der Waals surface area contributed by atoms with Gasteiger partial charge in [-0.05, 0) is 31.0 Å². The van der Waals surface area contributed by atoms with Gasteiger partial charge < -0.3 is 10.6 Å². The van der Waals surface area contributed by atoms with Gasteiger partial charge in [0.25, 0.3) is 5.91 Å². The van der Waals surface area contributed by atoms with Crippen molar-refractivity contribution in [3.63, 3.8) is 0 Å². The van der Waals surface area contributed by atoms with E-state index in [2.05, 4.69) is 15.9 Å². The Morgan fingerprint density at radius 1 is 1.42 bits per heavy atom. The lowest BCUT2D eigenvalue weighted by Crippen LogP contribution is -2.41. The van der Waals surface area contributed by atoms with Crippen molar-refractivity contribution in [1.29, 1.82) is 0 Å². The molecule has 1 aromatic carbocycles. The molecular weight excluding hydrogens is 331 g/mol. The Morgan fingerprint density at radius 3 is 2.58 bits per heavy atom. The number of likely N-dealkylation sites (tertiary alicyclic amines) is 1. The van der Waals surface area contributed by atoms with Crippen LogP contribution >= 0.6 is 28.1 Å². The molecule has 0 saturated carbocycles. The summed E-state index contributed by atoms with van der Waals surface area (Å²) < 4.78 is 14.4. The molecule has 0 radical (unpaired) electrons. The van der Waals surface area contributed by atoms with Gasteiger partial charge in [0.05, 0.1) is 10.6 Å². The molecule has 6 heteroatoms. The smallest absolute Gasteiger partial charge is 0.256 e. The normalized spacial score (nSPS) is 16.4. The maximum Gasteiger partial charge on any atom is 0.256 e. The Kier molecular flexibility index (Phi) is 4.52. The summed E-state index contributed by atoms with van der Waals surface area (Å²) in [6, 6.07) is 4.47. The average Bonchev–Trinajstić information content (AvgIpc) is 2.38. The third-order valence-electron chi connectivity index (χ3n) is 3.35. The van der Waals surface area contributed by atoms with E-state index in [-0.39, 0.29) is 17.4 Å². The molecule has 1 aliphatic heterocycles. The molecular formula is C13H14BrFN2OS. The summed E-state index contributed by atoms with van der Waals surface area (Å²) in [5.74, 6) is -0.587. The Balaban J connectivity index is 2.07. The first-order chi connectivity index (χ1) is 8.99. The minimum atomic E-state index is -0.504. The number of carbonyl (C=O) groups is 1. The van der Waals surface area contributed by atoms with Gasteiger partial charge in [-0.25, -0.2) is 4.39 Å². The third-order valence-corrected chi connectivity index (χ3v) is 4.17. The monoisotopic (exact) mass is 344 g/mol. The molecule has 1 amide bonds. The molecule has 102 valence electrons. The van der Waals surface area contributed by atoms with Crippen molar-refractivity contribution < 1.29 is 9.18 Å². The fraction of sp³-hybridized carbons (Fsp3) is 0.385. The second-order valence-corrected chi connectivity index (χ2v) is 5.98. The van der Waals surface area contributed by atoms with Gasteiger partial charge in [-0.15, -0.1) is 0 Å². The Hall–Kier alpha value is -1.01. The van der Waals surface area contributed by atoms with Crippen LogP contribution in [0.2, 0.25) is 0 Å². The summed E-state index contributed by atoms with van der Waals surface area (Å²) in [4.78, 5) is 14.4. The van der Waals surface area contributed by atoms with E-state index in [4.69, 9.17) is 18.0 Å². The largest absolute Gasteiger partial charge is 0.393 e. The predicted molar refractivity (Wildman–Crippen MR) is 79.5 cm³/mol. The molecule has 0 aliphatic carbocycles. The number of hydrogen-bond acceptors (Lipinski definition) is 2. The lowest BCUT2D eigenvalue weighted by molar-refractivity contribution is 0.0705. The summed E-state index contributed by atoms with van der Waals surface area (Å²) in [5, 5.41) is 0. The standard InChI is InChI=1S/C13H14BrFN2OS/c14-9-1-2-10(11(15)7-9)13(18)17-5-3-8(4-6-17)12(16)19/h1-2,7-8H,3-6H2,(H2,16,19). The van der Waals surface area contributed by atoms with Crippen molar-refractivity contribution in [2.75, 3.05) is 13.1 Å². The van der Waals surface area contributed by atoms with Crippen LogP contribution in [0.1, 0.15) is 23.2 Å². The Bertz CT molecular complexity index is 515. The first-order valence-corrected chi connectivity index (χ1v) is 7.23. The van der Waals surface area contributed by atoms with E-state index in [0.29, 0.717) is 22.6 Å². The first-order valence-electron chi connectivity index (χ1n) is 6.02. The van der Waals surface area contributed by atoms with Gasteiger partial charge in [0.2, 0.25) is 0 Å². The number of carbonyl (C=O) groups excluding carboxylic acids is 1. The molecule has 3 nitrogen and oxygen atoms in total. The van der Waals surface area contributed by atoms with Crippen LogP contribution in [0.3, 0.4) is 0 Å². The summed E-state index contributed by atoms with van der Waals surface area (Å²) in [7, 11) is 0. The highest BCUT2D eigenvalue weighted by molar-refractivity contribution is 9.10. The number of piperidine rings is 1. The molecule has 19 heavy (non-hydrogen) atoms. The molecule has 1 aliphatic rings. The van der Waals surface area contributed by atoms with Crippen LogP contribution in [0, 0.1) is 11.7 Å². The van der Waals surface area contributed by atoms with E-state index >= 15 is 0 Å². The van der Waals surface area contributed by atoms with Gasteiger partial charge in [0, 0.05) is 23.5 Å². The molecule has 2 rings (SSSR count). The minimum absolute atomic E-state index is 0.108. The van der Waals surface area contributed by atoms with Crippen molar-refractivity contribution in [3.05, 3.63) is 34.1 Å². The van der Waals surface area contributed by atoms with Gasteiger partial charge in [-0.3, -0.25) is 4.79 Å². The number of nitrogens with two attached hydrogens (primary N) is 1. The van der Waals surface area contributed by atoms with Crippen molar-refractivity contribution in [3.8, 4) is 0 Å². The van der Waals surface area contributed by atoms with Gasteiger partial charge in [0.15, 0.2) is 0 Å². The van der Waals surface area contributed by atoms with Crippen LogP contribution in [0.15, 0.2) is 22.7 Å². The van der Waals surface area contributed by atoms with Crippen molar-refractivity contribution >= 4 is 39.0 Å². The summed E-state index contributed by atoms with van der Waals surface area (Å²) in [6.45, 7) is 1.13. The molecule has 0 bridgehead atoms. The molecule has 1 saturated heterocycles. The van der Waals surface area contributed by atoms with E-state index in [1.54, 1.807) is 11.0 Å². The SMILES string of the molecule is NC(=S)C1CCN(C(=O)c2ccc(Br)cc2F)CC1. The molecule has 2 N–H and O–H groups in total. The highest BCUT2D eigenvalue weighted by atomic mass is 79.9. The number of hydrogen-bond donors (Lipinski definition) is 1. The zero-order chi connectivity index (χ0) is 14.0. The summed E-state index contributed by atoms with van der Waals surface area (Å²) in [5.41, 5.74) is 5.71. The molecule has 0 aromatic heterocycles. The van der Waals surface area contributed by atoms with E-state index in [9.17, 15) is 9.18 Å². The van der Waals surface area contributed by atoms with Gasteiger partial charge in [-0.1, -0.05) is 28.1 Å². The summed E-state index contributed by atoms with van der Waals surface area (Å²) >= 11 is 8.13. The second kappa shape index (κ2) is 5.96. The predicted octanol–water partition coefficient (Wildman–Crippen LogP) is 2.73. The quantitative estimate of drug-likeness (QED) is 0.839. The van der Waals surface area contributed by atoms with Crippen molar-refractivity contribution in [1.82, 2.24) is 4.90 Å². The van der Waals surface area contributed by atoms with Crippen LogP contribution in [0.5, 0.6) is 0 Å². The third kappa shape index (κ3) is 3.30. The first kappa shape index (κ1) is 14.4. The van der Waals surface area contributed by atoms with Crippen LogP contribution in [0.25, 0.3) is 0 Å². The lowest BCUT2D eigenvalue weighted by Gasteiger charge is -2.31. The van der Waals surface area contributed by atoms with Gasteiger partial charge in [-0.2, -0.15) is 0 Å². The number of amides is 1. The van der Waals surface area contributed by atoms with E-state index in [1.807, 2.05) is 0 Å². The maximum atomic E-state index is 13.7. The van der Waals surface area contributed by atoms with Crippen LogP contribution in [-0.2, 0) is 0 Å². The molecule has 0 spiro atoms. The number of rotatable bonds is 2. The summed E-state index contributed by atoms with van der Waals surface area (Å²) in [6.07, 6.45) is 1.50. The number of nitrogens with zero attached hydrogens (tertiary/aromatic N) is 1. The molecule has 0 atom stereocenters. The van der Waals surface area contributed by atoms with Crippen molar-refractivity contribution in [2.45, 2.75) is 12.8 Å². The topological polar surface area (TPSA) is 46.3 Å². The van der Waals surface area contributed by atoms with E-state index in [0.717, 1.165) is 12.8 Å². The number of benzene rings is 1. The molecule has 1 fully saturated rings. The zero-order valence-corrected chi connectivity index (χ0v) is 12.6. The average molecular weight is 345 g/mol. The fourth-order valence-electron chi connectivity index (χ4n) is 2.20. The van der Waals surface area contributed by atoms with Gasteiger partial charge in [0.1, 0.15) is 5.82 Å². The van der Waals surface area contributed by atoms with Crippen LogP contribution in [-0.4, -0.2) is 28.9 Å². The van der Waals surface area contributed by atoms with Gasteiger partial charge >= 0.3 is 0 Å². The highest BCUT2D eigenvalue weighted by Gasteiger charge is 2.26. The maximum absolute atomic E-state index is 13.7. The van der Waals surface area contributed by atoms with E-state index < -0.39 is 5.82 Å². The minimum Gasteiger partial charge on any atom is -0.393 e. The fourth-order valence-corrected chi connectivity index (χ4v) is 2.77. The Labute approximate surface area is 125 Å². The highest BCUT2D eigenvalue weighted by Crippen LogP contribution is 2.21. The number of thiocarbonyl (C=S) groups is 1. The molecule has 1 aromatic rings. The Morgan fingerprint density at radius 2 is 2.05 bits per heavy atom. The second-order valence-electron chi connectivity index (χ2n) is 4.59. The molecule has 0 unspecified atom stereocenters. The zero-order valence-electron chi connectivity index (χ0n) is 10.2. The lowest BCUT2D eigenvalue weighted by atomic mass is 9.96. The van der Waals surface area contributed by atoms with Crippen molar-refractivity contribution in [2.24, 2.45) is 11.7 Å². The molecule has 1 heterocycles. The number of halogens is 2. The van der Waals surface area contributed by atoms with Crippen LogP contribution < -0.4 is 5.73 Å². The van der Waals surface area contributed by atoms with Crippen LogP contribution in [0.4, 0.5) is 4.39 Å². The van der Waals surface area contributed by atoms with E-state index in [1.165, 1.54) is 12.1 Å².